The maximum Gasteiger partial charge on any atom is 0.223 e. The van der Waals surface area contributed by atoms with Crippen LogP contribution in [-0.4, -0.2) is 35.3 Å². The summed E-state index contributed by atoms with van der Waals surface area (Å²) < 4.78 is 1.86. The van der Waals surface area contributed by atoms with Gasteiger partial charge in [-0.25, -0.2) is 4.68 Å². The van der Waals surface area contributed by atoms with Crippen LogP contribution >= 0.6 is 0 Å². The maximum absolute atomic E-state index is 12.0. The highest BCUT2D eigenvalue weighted by Crippen LogP contribution is 2.15. The Hall–Kier alpha value is -2.14. The maximum atomic E-state index is 12.0. The molecule has 116 valence electrons. The average molecular weight is 298 g/mol. The van der Waals surface area contributed by atoms with Crippen LogP contribution in [0.15, 0.2) is 42.7 Å². The molecule has 2 aromatic rings. The van der Waals surface area contributed by atoms with Crippen molar-refractivity contribution < 1.29 is 4.79 Å². The second-order valence-electron chi connectivity index (χ2n) is 5.88. The fraction of sp³-hybridized carbons (Fsp3) is 0.412. The van der Waals surface area contributed by atoms with Crippen LogP contribution in [0.5, 0.6) is 0 Å². The number of hydrogen-bond acceptors (Lipinski definition) is 3. The lowest BCUT2D eigenvalue weighted by atomic mass is 9.88. The molecule has 1 aromatic carbocycles. The van der Waals surface area contributed by atoms with Crippen LogP contribution in [0.3, 0.4) is 0 Å². The van der Waals surface area contributed by atoms with Gasteiger partial charge in [0.05, 0.1) is 11.9 Å². The summed E-state index contributed by atoms with van der Waals surface area (Å²) in [5, 5.41) is 10.6. The van der Waals surface area contributed by atoms with Gasteiger partial charge >= 0.3 is 0 Å². The lowest BCUT2D eigenvalue weighted by molar-refractivity contribution is -0.126. The van der Waals surface area contributed by atoms with E-state index in [1.807, 2.05) is 54.3 Å². The van der Waals surface area contributed by atoms with E-state index in [1.165, 1.54) is 0 Å². The summed E-state index contributed by atoms with van der Waals surface area (Å²) in [6.45, 7) is 4.58. The van der Waals surface area contributed by atoms with Crippen molar-refractivity contribution >= 4 is 5.91 Å². The largest absolute Gasteiger partial charge is 0.356 e. The Bertz CT molecular complexity index is 619. The lowest BCUT2D eigenvalue weighted by Gasteiger charge is -2.31. The number of benzene rings is 1. The SMILES string of the molecule is CC(C(=O)NCCc1cnn(-c2ccccc2)c1)C1CNC1. The summed E-state index contributed by atoms with van der Waals surface area (Å²) in [5.41, 5.74) is 2.17. The summed E-state index contributed by atoms with van der Waals surface area (Å²) in [6, 6.07) is 10.0. The van der Waals surface area contributed by atoms with E-state index < -0.39 is 0 Å². The van der Waals surface area contributed by atoms with Crippen molar-refractivity contribution in [1.82, 2.24) is 20.4 Å². The summed E-state index contributed by atoms with van der Waals surface area (Å²) in [4.78, 5) is 12.0. The molecular weight excluding hydrogens is 276 g/mol. The molecule has 1 atom stereocenters. The molecule has 1 unspecified atom stereocenters. The van der Waals surface area contributed by atoms with Crippen molar-refractivity contribution in [1.29, 1.82) is 0 Å². The Kier molecular flexibility index (Phi) is 4.53. The minimum atomic E-state index is 0.0910. The fourth-order valence-corrected chi connectivity index (χ4v) is 2.58. The number of para-hydroxylation sites is 1. The van der Waals surface area contributed by atoms with E-state index in [9.17, 15) is 4.79 Å². The van der Waals surface area contributed by atoms with Gasteiger partial charge in [0.1, 0.15) is 0 Å². The van der Waals surface area contributed by atoms with Crippen LogP contribution in [0.25, 0.3) is 5.69 Å². The third kappa shape index (κ3) is 3.36. The number of aromatic nitrogens is 2. The van der Waals surface area contributed by atoms with E-state index in [2.05, 4.69) is 15.7 Å². The Morgan fingerprint density at radius 1 is 1.41 bits per heavy atom. The first-order valence-corrected chi connectivity index (χ1v) is 7.81. The van der Waals surface area contributed by atoms with Crippen LogP contribution in [-0.2, 0) is 11.2 Å². The molecule has 1 aliphatic heterocycles. The topological polar surface area (TPSA) is 59.0 Å². The molecule has 0 radical (unpaired) electrons. The van der Waals surface area contributed by atoms with Gasteiger partial charge in [0.15, 0.2) is 0 Å². The molecule has 1 aliphatic rings. The van der Waals surface area contributed by atoms with Gasteiger partial charge in [-0.2, -0.15) is 5.10 Å². The van der Waals surface area contributed by atoms with Crippen molar-refractivity contribution in [2.75, 3.05) is 19.6 Å². The highest BCUT2D eigenvalue weighted by Gasteiger charge is 2.28. The minimum Gasteiger partial charge on any atom is -0.356 e. The minimum absolute atomic E-state index is 0.0910. The molecule has 0 aliphatic carbocycles. The zero-order chi connectivity index (χ0) is 15.4. The summed E-state index contributed by atoms with van der Waals surface area (Å²) >= 11 is 0. The molecular formula is C17H22N4O. The lowest BCUT2D eigenvalue weighted by Crippen LogP contribution is -2.49. The third-order valence-corrected chi connectivity index (χ3v) is 4.30. The quantitative estimate of drug-likeness (QED) is 0.847. The van der Waals surface area contributed by atoms with Crippen molar-refractivity contribution in [3.63, 3.8) is 0 Å². The van der Waals surface area contributed by atoms with Crippen molar-refractivity contribution in [3.8, 4) is 5.69 Å². The van der Waals surface area contributed by atoms with Gasteiger partial charge in [-0.15, -0.1) is 0 Å². The third-order valence-electron chi connectivity index (χ3n) is 4.30. The highest BCUT2D eigenvalue weighted by molar-refractivity contribution is 5.78. The Morgan fingerprint density at radius 2 is 2.18 bits per heavy atom. The Balaban J connectivity index is 1.48. The van der Waals surface area contributed by atoms with Crippen LogP contribution in [0.1, 0.15) is 12.5 Å². The monoisotopic (exact) mass is 298 g/mol. The number of amides is 1. The van der Waals surface area contributed by atoms with E-state index in [-0.39, 0.29) is 11.8 Å². The number of hydrogen-bond donors (Lipinski definition) is 2. The molecule has 1 amide bonds. The molecule has 0 bridgehead atoms. The summed E-state index contributed by atoms with van der Waals surface area (Å²) in [6.07, 6.45) is 4.67. The molecule has 5 heteroatoms. The normalized spacial score (nSPS) is 16.0. The van der Waals surface area contributed by atoms with Crippen molar-refractivity contribution in [3.05, 3.63) is 48.3 Å². The molecule has 1 aromatic heterocycles. The van der Waals surface area contributed by atoms with Gasteiger partial charge in [0.25, 0.3) is 0 Å². The number of carbonyl (C=O) groups is 1. The van der Waals surface area contributed by atoms with E-state index in [0.29, 0.717) is 12.5 Å². The predicted molar refractivity (Wildman–Crippen MR) is 85.8 cm³/mol. The number of rotatable bonds is 6. The molecule has 5 nitrogen and oxygen atoms in total. The molecule has 2 N–H and O–H groups in total. The van der Waals surface area contributed by atoms with Crippen LogP contribution in [0.2, 0.25) is 0 Å². The predicted octanol–water partition coefficient (Wildman–Crippen LogP) is 1.39. The van der Waals surface area contributed by atoms with Crippen molar-refractivity contribution in [2.24, 2.45) is 11.8 Å². The second-order valence-corrected chi connectivity index (χ2v) is 5.88. The molecule has 1 fully saturated rings. The van der Waals surface area contributed by atoms with E-state index in [0.717, 1.165) is 30.8 Å². The van der Waals surface area contributed by atoms with E-state index in [4.69, 9.17) is 0 Å². The molecule has 2 heterocycles. The molecule has 1 saturated heterocycles. The van der Waals surface area contributed by atoms with Gasteiger partial charge in [0.2, 0.25) is 5.91 Å². The van der Waals surface area contributed by atoms with Gasteiger partial charge in [-0.05, 0) is 43.1 Å². The average Bonchev–Trinajstić information content (AvgIpc) is 2.95. The first kappa shape index (κ1) is 14.8. The van der Waals surface area contributed by atoms with Gasteiger partial charge < -0.3 is 10.6 Å². The van der Waals surface area contributed by atoms with Gasteiger partial charge in [0, 0.05) is 18.7 Å². The summed E-state index contributed by atoms with van der Waals surface area (Å²) in [5.74, 6) is 0.732. The molecule has 22 heavy (non-hydrogen) atoms. The standard InChI is InChI=1S/C17H22N4O/c1-13(15-10-18-11-15)17(22)19-8-7-14-9-20-21(12-14)16-5-3-2-4-6-16/h2-6,9,12-13,15,18H,7-8,10-11H2,1H3,(H,19,22). The Morgan fingerprint density at radius 3 is 2.86 bits per heavy atom. The van der Waals surface area contributed by atoms with Crippen molar-refractivity contribution in [2.45, 2.75) is 13.3 Å². The molecule has 3 rings (SSSR count). The zero-order valence-corrected chi connectivity index (χ0v) is 12.8. The fourth-order valence-electron chi connectivity index (χ4n) is 2.58. The van der Waals surface area contributed by atoms with Crippen LogP contribution in [0, 0.1) is 11.8 Å². The smallest absolute Gasteiger partial charge is 0.223 e. The zero-order valence-electron chi connectivity index (χ0n) is 12.8. The van der Waals surface area contributed by atoms with Crippen LogP contribution in [0.4, 0.5) is 0 Å². The first-order chi connectivity index (χ1) is 10.7. The number of nitrogens with one attached hydrogen (secondary N) is 2. The number of nitrogens with zero attached hydrogens (tertiary/aromatic N) is 2. The number of carbonyl (C=O) groups excluding carboxylic acids is 1. The first-order valence-electron chi connectivity index (χ1n) is 7.81. The van der Waals surface area contributed by atoms with E-state index >= 15 is 0 Å². The molecule has 0 saturated carbocycles. The van der Waals surface area contributed by atoms with Crippen LogP contribution < -0.4 is 10.6 Å². The van der Waals surface area contributed by atoms with Gasteiger partial charge in [-0.3, -0.25) is 4.79 Å². The van der Waals surface area contributed by atoms with Gasteiger partial charge in [-0.1, -0.05) is 25.1 Å². The summed E-state index contributed by atoms with van der Waals surface area (Å²) in [7, 11) is 0. The van der Waals surface area contributed by atoms with E-state index in [1.54, 1.807) is 0 Å². The molecule has 0 spiro atoms. The second kappa shape index (κ2) is 6.75. The Labute approximate surface area is 130 Å². The highest BCUT2D eigenvalue weighted by atomic mass is 16.1.